The largest absolute Gasteiger partial charge is 0.384 e. The van der Waals surface area contributed by atoms with E-state index in [9.17, 15) is 4.79 Å². The van der Waals surface area contributed by atoms with E-state index >= 15 is 0 Å². The van der Waals surface area contributed by atoms with E-state index in [1.807, 2.05) is 19.2 Å². The van der Waals surface area contributed by atoms with E-state index < -0.39 is 0 Å². The van der Waals surface area contributed by atoms with Crippen molar-refractivity contribution in [3.8, 4) is 11.3 Å². The number of carbonyl (C=O) groups excluding carboxylic acids is 1. The first-order valence-electron chi connectivity index (χ1n) is 8.57. The van der Waals surface area contributed by atoms with E-state index in [0.717, 1.165) is 37.2 Å². The van der Waals surface area contributed by atoms with Gasteiger partial charge in [0.2, 0.25) is 0 Å². The van der Waals surface area contributed by atoms with Crippen molar-refractivity contribution in [3.05, 3.63) is 47.9 Å². The molecule has 0 saturated carbocycles. The van der Waals surface area contributed by atoms with Crippen molar-refractivity contribution in [1.82, 2.24) is 20.2 Å². The summed E-state index contributed by atoms with van der Waals surface area (Å²) in [6.07, 6.45) is 5.09. The van der Waals surface area contributed by atoms with Crippen LogP contribution in [0.1, 0.15) is 22.5 Å². The summed E-state index contributed by atoms with van der Waals surface area (Å²) in [6, 6.07) is 8.40. The van der Waals surface area contributed by atoms with E-state index in [2.05, 4.69) is 27.4 Å². The zero-order valence-corrected chi connectivity index (χ0v) is 14.7. The molecule has 1 atom stereocenters. The molecule has 1 aliphatic rings. The van der Waals surface area contributed by atoms with E-state index in [0.29, 0.717) is 12.3 Å². The van der Waals surface area contributed by atoms with Gasteiger partial charge in [0.25, 0.3) is 5.91 Å². The Morgan fingerprint density at radius 2 is 2.08 bits per heavy atom. The number of aromatic nitrogens is 2. The van der Waals surface area contributed by atoms with Crippen LogP contribution >= 0.6 is 0 Å². The minimum absolute atomic E-state index is 0.0809. The molecule has 2 heterocycles. The summed E-state index contributed by atoms with van der Waals surface area (Å²) in [7, 11) is 3.53. The summed E-state index contributed by atoms with van der Waals surface area (Å²) in [5, 5.41) is 3.27. The maximum atomic E-state index is 12.5. The molecular formula is C19H24N4O2. The lowest BCUT2D eigenvalue weighted by Gasteiger charge is -2.23. The molecule has 25 heavy (non-hydrogen) atoms. The second-order valence-corrected chi connectivity index (χ2v) is 6.29. The number of nitrogens with zero attached hydrogens (tertiary/aromatic N) is 3. The lowest BCUT2D eigenvalue weighted by atomic mass is 10.1. The third-order valence-electron chi connectivity index (χ3n) is 4.62. The minimum Gasteiger partial charge on any atom is -0.384 e. The van der Waals surface area contributed by atoms with Gasteiger partial charge in [0.05, 0.1) is 24.7 Å². The first-order valence-corrected chi connectivity index (χ1v) is 8.57. The highest BCUT2D eigenvalue weighted by Gasteiger charge is 2.24. The van der Waals surface area contributed by atoms with Gasteiger partial charge < -0.3 is 15.0 Å². The maximum absolute atomic E-state index is 12.5. The Balaban J connectivity index is 1.68. The molecule has 0 spiro atoms. The topological polar surface area (TPSA) is 67.3 Å². The number of likely N-dealkylation sites (N-methyl/N-ethyl adjacent to an activating group) is 1. The number of carbonyl (C=O) groups is 1. The van der Waals surface area contributed by atoms with Gasteiger partial charge in [-0.3, -0.25) is 9.78 Å². The van der Waals surface area contributed by atoms with E-state index in [4.69, 9.17) is 4.74 Å². The second-order valence-electron chi connectivity index (χ2n) is 6.29. The molecule has 6 nitrogen and oxygen atoms in total. The highest BCUT2D eigenvalue weighted by atomic mass is 16.5. The van der Waals surface area contributed by atoms with Crippen molar-refractivity contribution in [1.29, 1.82) is 0 Å². The van der Waals surface area contributed by atoms with E-state index in [-0.39, 0.29) is 11.9 Å². The number of methoxy groups -OCH3 is 1. The zero-order valence-electron chi connectivity index (χ0n) is 14.7. The normalized spacial score (nSPS) is 16.8. The van der Waals surface area contributed by atoms with E-state index in [1.165, 1.54) is 5.56 Å². The summed E-state index contributed by atoms with van der Waals surface area (Å²) in [5.74, 6) is -0.0809. The standard InChI is InChI=1S/C19H24N4O2/c1-23(16-7-9-20-11-16)19(24)18-13-21-17(12-22-18)15-5-3-14(4-6-15)8-10-25-2/h3-6,12-13,16,20H,7-11H2,1-2H3. The third-order valence-corrected chi connectivity index (χ3v) is 4.62. The van der Waals surface area contributed by atoms with Gasteiger partial charge in [0.15, 0.2) is 0 Å². The average molecular weight is 340 g/mol. The molecule has 3 rings (SSSR count). The molecule has 1 saturated heterocycles. The maximum Gasteiger partial charge on any atom is 0.274 e. The number of hydrogen-bond acceptors (Lipinski definition) is 5. The molecule has 132 valence electrons. The molecule has 0 aliphatic carbocycles. The highest BCUT2D eigenvalue weighted by molar-refractivity contribution is 5.92. The summed E-state index contributed by atoms with van der Waals surface area (Å²) in [4.78, 5) is 23.0. The van der Waals surface area contributed by atoms with Crippen LogP contribution in [0, 0.1) is 0 Å². The number of benzene rings is 1. The number of rotatable bonds is 6. The van der Waals surface area contributed by atoms with Crippen molar-refractivity contribution >= 4 is 5.91 Å². The Hall–Kier alpha value is -2.31. The second kappa shape index (κ2) is 8.18. The van der Waals surface area contributed by atoms with Crippen molar-refractivity contribution in [2.45, 2.75) is 18.9 Å². The van der Waals surface area contributed by atoms with Gasteiger partial charge in [-0.25, -0.2) is 4.98 Å². The van der Waals surface area contributed by atoms with Crippen molar-refractivity contribution < 1.29 is 9.53 Å². The molecular weight excluding hydrogens is 316 g/mol. The van der Waals surface area contributed by atoms with Crippen molar-refractivity contribution in [2.24, 2.45) is 0 Å². The summed E-state index contributed by atoms with van der Waals surface area (Å²) in [6.45, 7) is 2.50. The quantitative estimate of drug-likeness (QED) is 0.868. The predicted octanol–water partition coefficient (Wildman–Crippen LogP) is 1.77. The van der Waals surface area contributed by atoms with Gasteiger partial charge in [0.1, 0.15) is 5.69 Å². The van der Waals surface area contributed by atoms with Crippen LogP contribution in [0.15, 0.2) is 36.7 Å². The van der Waals surface area contributed by atoms with Gasteiger partial charge >= 0.3 is 0 Å². The highest BCUT2D eigenvalue weighted by Crippen LogP contribution is 2.18. The molecule has 1 fully saturated rings. The first-order chi connectivity index (χ1) is 12.2. The van der Waals surface area contributed by atoms with Gasteiger partial charge in [-0.2, -0.15) is 0 Å². The fourth-order valence-corrected chi connectivity index (χ4v) is 2.97. The molecule has 1 aliphatic heterocycles. The molecule has 2 aromatic rings. The predicted molar refractivity (Wildman–Crippen MR) is 96.4 cm³/mol. The molecule has 0 radical (unpaired) electrons. The first kappa shape index (κ1) is 17.5. The monoisotopic (exact) mass is 340 g/mol. The fourth-order valence-electron chi connectivity index (χ4n) is 2.97. The Kier molecular flexibility index (Phi) is 5.73. The summed E-state index contributed by atoms with van der Waals surface area (Å²) >= 11 is 0. The Morgan fingerprint density at radius 3 is 2.68 bits per heavy atom. The van der Waals surface area contributed by atoms with Crippen LogP contribution in [0.25, 0.3) is 11.3 Å². The number of ether oxygens (including phenoxy) is 1. The van der Waals surface area contributed by atoms with Gasteiger partial charge in [-0.1, -0.05) is 24.3 Å². The average Bonchev–Trinajstić information content (AvgIpc) is 3.20. The smallest absolute Gasteiger partial charge is 0.274 e. The fraction of sp³-hybridized carbons (Fsp3) is 0.421. The van der Waals surface area contributed by atoms with Crippen LogP contribution in [-0.2, 0) is 11.2 Å². The molecule has 1 aromatic carbocycles. The summed E-state index contributed by atoms with van der Waals surface area (Å²) in [5.41, 5.74) is 3.35. The van der Waals surface area contributed by atoms with Gasteiger partial charge in [0, 0.05) is 32.3 Å². The molecule has 1 unspecified atom stereocenters. The Bertz CT molecular complexity index is 694. The molecule has 1 aromatic heterocycles. The van der Waals surface area contributed by atoms with Gasteiger partial charge in [-0.05, 0) is 24.9 Å². The Labute approximate surface area is 148 Å². The molecule has 1 amide bonds. The van der Waals surface area contributed by atoms with Crippen molar-refractivity contribution in [3.63, 3.8) is 0 Å². The summed E-state index contributed by atoms with van der Waals surface area (Å²) < 4.78 is 5.09. The number of hydrogen-bond donors (Lipinski definition) is 1. The van der Waals surface area contributed by atoms with Crippen molar-refractivity contribution in [2.75, 3.05) is 33.9 Å². The molecule has 1 N–H and O–H groups in total. The molecule has 0 bridgehead atoms. The SMILES string of the molecule is COCCc1ccc(-c2cnc(C(=O)N(C)C3CCNC3)cn2)cc1. The van der Waals surface area contributed by atoms with E-state index in [1.54, 1.807) is 24.4 Å². The van der Waals surface area contributed by atoms with Crippen LogP contribution in [-0.4, -0.2) is 60.7 Å². The van der Waals surface area contributed by atoms with Crippen LogP contribution in [0.2, 0.25) is 0 Å². The molecule has 6 heteroatoms. The minimum atomic E-state index is -0.0809. The van der Waals surface area contributed by atoms with Crippen LogP contribution in [0.3, 0.4) is 0 Å². The van der Waals surface area contributed by atoms with Crippen LogP contribution in [0.5, 0.6) is 0 Å². The number of amides is 1. The van der Waals surface area contributed by atoms with Crippen LogP contribution < -0.4 is 5.32 Å². The van der Waals surface area contributed by atoms with Gasteiger partial charge in [-0.15, -0.1) is 0 Å². The lowest BCUT2D eigenvalue weighted by Crippen LogP contribution is -2.38. The number of nitrogens with one attached hydrogen (secondary N) is 1. The lowest BCUT2D eigenvalue weighted by molar-refractivity contribution is 0.0737. The zero-order chi connectivity index (χ0) is 17.6. The van der Waals surface area contributed by atoms with Crippen LogP contribution in [0.4, 0.5) is 0 Å². The third kappa shape index (κ3) is 4.21. The Morgan fingerprint density at radius 1 is 1.28 bits per heavy atom.